The highest BCUT2D eigenvalue weighted by molar-refractivity contribution is 5.97. The molecule has 0 unspecified atom stereocenters. The fourth-order valence-corrected chi connectivity index (χ4v) is 1.82. The van der Waals surface area contributed by atoms with E-state index >= 15 is 0 Å². The third-order valence-corrected chi connectivity index (χ3v) is 3.05. The Morgan fingerprint density at radius 3 is 2.43 bits per heavy atom. The van der Waals surface area contributed by atoms with Crippen molar-refractivity contribution in [1.29, 1.82) is 0 Å². The fourth-order valence-electron chi connectivity index (χ4n) is 1.82. The van der Waals surface area contributed by atoms with E-state index in [1.807, 2.05) is 32.9 Å². The molecule has 0 aliphatic carbocycles. The summed E-state index contributed by atoms with van der Waals surface area (Å²) in [7, 11) is 0. The molecule has 1 rings (SSSR count). The number of Topliss-reactive ketones (excluding diaryl/α,β-unsaturated/α-hetero) is 1. The van der Waals surface area contributed by atoms with Gasteiger partial charge in [0.15, 0.2) is 5.78 Å². The Bertz CT molecular complexity index is 452. The molecule has 0 saturated heterocycles. The van der Waals surface area contributed by atoms with Gasteiger partial charge in [0.05, 0.1) is 6.10 Å². The number of aryl methyl sites for hydroxylation is 1. The van der Waals surface area contributed by atoms with E-state index in [2.05, 4.69) is 5.32 Å². The molecule has 0 aliphatic heterocycles. The highest BCUT2D eigenvalue weighted by atomic mass is 16.5. The van der Waals surface area contributed by atoms with Crippen molar-refractivity contribution in [2.75, 3.05) is 13.2 Å². The second kappa shape index (κ2) is 9.29. The van der Waals surface area contributed by atoms with Gasteiger partial charge in [-0.25, -0.2) is 0 Å². The molecule has 1 N–H and O–H groups in total. The van der Waals surface area contributed by atoms with Crippen LogP contribution in [0, 0.1) is 6.92 Å². The van der Waals surface area contributed by atoms with Crippen LogP contribution in [0.3, 0.4) is 0 Å². The second-order valence-electron chi connectivity index (χ2n) is 5.41. The highest BCUT2D eigenvalue weighted by Gasteiger charge is 2.08. The van der Waals surface area contributed by atoms with E-state index in [-0.39, 0.29) is 30.6 Å². The van der Waals surface area contributed by atoms with E-state index in [1.165, 1.54) is 0 Å². The molecule has 0 spiro atoms. The standard InChI is InChI=1S/C17H25NO3/c1-13(2)21-12-4-11-18-17(20)10-9-16(19)15-7-5-14(3)6-8-15/h5-8,13H,4,9-12H2,1-3H3,(H,18,20). The normalized spacial score (nSPS) is 10.7. The average molecular weight is 291 g/mol. The molecule has 4 heteroatoms. The van der Waals surface area contributed by atoms with Gasteiger partial charge < -0.3 is 10.1 Å². The number of ether oxygens (including phenoxy) is 1. The summed E-state index contributed by atoms with van der Waals surface area (Å²) in [6, 6.07) is 7.42. The largest absolute Gasteiger partial charge is 0.379 e. The van der Waals surface area contributed by atoms with Crippen LogP contribution >= 0.6 is 0 Å². The van der Waals surface area contributed by atoms with Gasteiger partial charge in [0.1, 0.15) is 0 Å². The van der Waals surface area contributed by atoms with Gasteiger partial charge in [-0.15, -0.1) is 0 Å². The van der Waals surface area contributed by atoms with Crippen LogP contribution in [0.25, 0.3) is 0 Å². The number of carbonyl (C=O) groups is 2. The van der Waals surface area contributed by atoms with Crippen LogP contribution in [-0.2, 0) is 9.53 Å². The van der Waals surface area contributed by atoms with Crippen molar-refractivity contribution in [2.24, 2.45) is 0 Å². The summed E-state index contributed by atoms with van der Waals surface area (Å²) in [6.45, 7) is 7.17. The zero-order valence-corrected chi connectivity index (χ0v) is 13.1. The number of benzene rings is 1. The Morgan fingerprint density at radius 1 is 1.14 bits per heavy atom. The Hall–Kier alpha value is -1.68. The molecule has 0 aromatic heterocycles. The number of nitrogens with one attached hydrogen (secondary N) is 1. The van der Waals surface area contributed by atoms with Crippen LogP contribution in [0.1, 0.15) is 49.0 Å². The molecular weight excluding hydrogens is 266 g/mol. The summed E-state index contributed by atoms with van der Waals surface area (Å²) in [5, 5.41) is 2.80. The van der Waals surface area contributed by atoms with Crippen molar-refractivity contribution in [1.82, 2.24) is 5.32 Å². The van der Waals surface area contributed by atoms with E-state index < -0.39 is 0 Å². The van der Waals surface area contributed by atoms with Crippen molar-refractivity contribution >= 4 is 11.7 Å². The zero-order valence-electron chi connectivity index (χ0n) is 13.1. The summed E-state index contributed by atoms with van der Waals surface area (Å²) in [4.78, 5) is 23.5. The van der Waals surface area contributed by atoms with Crippen LogP contribution in [0.2, 0.25) is 0 Å². The van der Waals surface area contributed by atoms with Crippen LogP contribution in [0.5, 0.6) is 0 Å². The van der Waals surface area contributed by atoms with Crippen LogP contribution in [-0.4, -0.2) is 30.9 Å². The summed E-state index contributed by atoms with van der Waals surface area (Å²) in [6.07, 6.45) is 1.48. The summed E-state index contributed by atoms with van der Waals surface area (Å²) < 4.78 is 5.38. The molecule has 1 aromatic carbocycles. The van der Waals surface area contributed by atoms with E-state index in [0.717, 1.165) is 12.0 Å². The van der Waals surface area contributed by atoms with Gasteiger partial charge in [0.25, 0.3) is 0 Å². The van der Waals surface area contributed by atoms with E-state index in [4.69, 9.17) is 4.74 Å². The second-order valence-corrected chi connectivity index (χ2v) is 5.41. The Labute approximate surface area is 126 Å². The number of carbonyl (C=O) groups excluding carboxylic acids is 2. The maximum Gasteiger partial charge on any atom is 0.220 e. The summed E-state index contributed by atoms with van der Waals surface area (Å²) >= 11 is 0. The number of rotatable bonds is 9. The molecule has 0 bridgehead atoms. The van der Waals surface area contributed by atoms with Gasteiger partial charge >= 0.3 is 0 Å². The quantitative estimate of drug-likeness (QED) is 0.562. The first-order valence-corrected chi connectivity index (χ1v) is 7.47. The summed E-state index contributed by atoms with van der Waals surface area (Å²) in [5.74, 6) is -0.0756. The van der Waals surface area contributed by atoms with Crippen molar-refractivity contribution < 1.29 is 14.3 Å². The Balaban J connectivity index is 2.17. The SMILES string of the molecule is Cc1ccc(C(=O)CCC(=O)NCCCOC(C)C)cc1. The van der Waals surface area contributed by atoms with Crippen molar-refractivity contribution in [3.63, 3.8) is 0 Å². The molecule has 0 radical (unpaired) electrons. The van der Waals surface area contributed by atoms with E-state index in [0.29, 0.717) is 18.7 Å². The minimum absolute atomic E-state index is 0.00768. The minimum atomic E-state index is -0.0833. The van der Waals surface area contributed by atoms with Crippen molar-refractivity contribution in [3.05, 3.63) is 35.4 Å². The lowest BCUT2D eigenvalue weighted by Crippen LogP contribution is -2.25. The van der Waals surface area contributed by atoms with E-state index in [9.17, 15) is 9.59 Å². The minimum Gasteiger partial charge on any atom is -0.379 e. The van der Waals surface area contributed by atoms with Crippen molar-refractivity contribution in [2.45, 2.75) is 46.1 Å². The first-order valence-electron chi connectivity index (χ1n) is 7.47. The molecule has 1 amide bonds. The lowest BCUT2D eigenvalue weighted by molar-refractivity contribution is -0.121. The molecule has 0 atom stereocenters. The third kappa shape index (κ3) is 7.61. The number of hydrogen-bond acceptors (Lipinski definition) is 3. The Morgan fingerprint density at radius 2 is 1.81 bits per heavy atom. The van der Waals surface area contributed by atoms with E-state index in [1.54, 1.807) is 12.1 Å². The molecule has 0 aliphatic rings. The van der Waals surface area contributed by atoms with Crippen LogP contribution in [0.15, 0.2) is 24.3 Å². The lowest BCUT2D eigenvalue weighted by Gasteiger charge is -2.08. The smallest absolute Gasteiger partial charge is 0.220 e. The van der Waals surface area contributed by atoms with Gasteiger partial charge in [0, 0.05) is 31.6 Å². The third-order valence-electron chi connectivity index (χ3n) is 3.05. The zero-order chi connectivity index (χ0) is 15.7. The monoisotopic (exact) mass is 291 g/mol. The van der Waals surface area contributed by atoms with Crippen molar-refractivity contribution in [3.8, 4) is 0 Å². The predicted octanol–water partition coefficient (Wildman–Crippen LogP) is 2.89. The Kier molecular flexibility index (Phi) is 7.69. The first kappa shape index (κ1) is 17.4. The van der Waals surface area contributed by atoms with Gasteiger partial charge in [0.2, 0.25) is 5.91 Å². The lowest BCUT2D eigenvalue weighted by atomic mass is 10.1. The molecule has 0 heterocycles. The molecule has 0 saturated carbocycles. The van der Waals surface area contributed by atoms with Gasteiger partial charge in [-0.05, 0) is 27.2 Å². The number of ketones is 1. The average Bonchev–Trinajstić information content (AvgIpc) is 2.44. The van der Waals surface area contributed by atoms with Gasteiger partial charge in [-0.3, -0.25) is 9.59 Å². The molecule has 0 fully saturated rings. The predicted molar refractivity (Wildman–Crippen MR) is 83.5 cm³/mol. The molecule has 1 aromatic rings. The fraction of sp³-hybridized carbons (Fsp3) is 0.529. The number of hydrogen-bond donors (Lipinski definition) is 1. The van der Waals surface area contributed by atoms with Gasteiger partial charge in [-0.2, -0.15) is 0 Å². The van der Waals surface area contributed by atoms with Gasteiger partial charge in [-0.1, -0.05) is 29.8 Å². The van der Waals surface area contributed by atoms with Crippen LogP contribution in [0.4, 0.5) is 0 Å². The van der Waals surface area contributed by atoms with Crippen LogP contribution < -0.4 is 5.32 Å². The maximum atomic E-state index is 11.9. The molecule has 116 valence electrons. The molecule has 4 nitrogen and oxygen atoms in total. The molecule has 21 heavy (non-hydrogen) atoms. The molecular formula is C17H25NO3. The number of amides is 1. The topological polar surface area (TPSA) is 55.4 Å². The first-order chi connectivity index (χ1) is 9.99. The highest BCUT2D eigenvalue weighted by Crippen LogP contribution is 2.07. The summed E-state index contributed by atoms with van der Waals surface area (Å²) in [5.41, 5.74) is 1.78. The maximum absolute atomic E-state index is 11.9.